The molecule has 5 rings (SSSR count). The average molecular weight is 340 g/mol. The van der Waals surface area contributed by atoms with E-state index in [9.17, 15) is 4.79 Å². The maximum Gasteiger partial charge on any atom is 0.342 e. The highest BCUT2D eigenvalue weighted by Gasteiger charge is 2.38. The highest BCUT2D eigenvalue weighted by atomic mass is 16.5. The number of nitrogens with zero attached hydrogens (tertiary/aromatic N) is 3. The number of nitrogens with one attached hydrogen (secondary N) is 1. The summed E-state index contributed by atoms with van der Waals surface area (Å²) in [6.07, 6.45) is 5.80. The number of para-hydroxylation sites is 1. The number of benzene rings is 1. The summed E-state index contributed by atoms with van der Waals surface area (Å²) in [6.45, 7) is 4.37. The van der Waals surface area contributed by atoms with Crippen LogP contribution in [0.4, 0.5) is 4.79 Å². The summed E-state index contributed by atoms with van der Waals surface area (Å²) in [5, 5.41) is 7.42. The number of aromatic nitrogens is 2. The third-order valence-corrected chi connectivity index (χ3v) is 5.57. The fraction of sp³-hybridized carbons (Fsp3) is 0.474. The lowest BCUT2D eigenvalue weighted by atomic mass is 9.80. The summed E-state index contributed by atoms with van der Waals surface area (Å²) in [5.74, 6) is 1.35. The van der Waals surface area contributed by atoms with Crippen molar-refractivity contribution in [2.45, 2.75) is 31.8 Å². The molecule has 1 N–H and O–H groups in total. The molecule has 3 fully saturated rings. The zero-order valence-corrected chi connectivity index (χ0v) is 14.7. The molecule has 6 heteroatoms. The third kappa shape index (κ3) is 3.02. The topological polar surface area (TPSA) is 59.4 Å². The largest absolute Gasteiger partial charge is 0.496 e. The number of methoxy groups -OCH3 is 1. The quantitative estimate of drug-likeness (QED) is 0.933. The van der Waals surface area contributed by atoms with Gasteiger partial charge in [-0.25, -0.2) is 4.79 Å². The second-order valence-corrected chi connectivity index (χ2v) is 7.06. The molecule has 4 heterocycles. The summed E-state index contributed by atoms with van der Waals surface area (Å²) < 4.78 is 6.78. The van der Waals surface area contributed by atoms with Gasteiger partial charge in [-0.05, 0) is 38.3 Å². The van der Waals surface area contributed by atoms with Crippen LogP contribution in [0.15, 0.2) is 36.7 Å². The minimum atomic E-state index is -0.160. The molecule has 1 aromatic carbocycles. The van der Waals surface area contributed by atoms with Gasteiger partial charge in [-0.2, -0.15) is 9.78 Å². The van der Waals surface area contributed by atoms with Gasteiger partial charge in [0.1, 0.15) is 5.75 Å². The van der Waals surface area contributed by atoms with Crippen molar-refractivity contribution in [2.75, 3.05) is 20.2 Å². The zero-order valence-electron chi connectivity index (χ0n) is 14.7. The Balaban J connectivity index is 1.48. The zero-order chi connectivity index (χ0) is 17.4. The molecule has 3 aliphatic rings. The molecule has 132 valence electrons. The van der Waals surface area contributed by atoms with Gasteiger partial charge >= 0.3 is 6.03 Å². The van der Waals surface area contributed by atoms with Crippen molar-refractivity contribution in [3.8, 4) is 16.9 Å². The smallest absolute Gasteiger partial charge is 0.342 e. The maximum absolute atomic E-state index is 12.6. The molecule has 0 saturated carbocycles. The highest BCUT2D eigenvalue weighted by Crippen LogP contribution is 2.32. The summed E-state index contributed by atoms with van der Waals surface area (Å²) in [7, 11) is 1.64. The van der Waals surface area contributed by atoms with Gasteiger partial charge in [-0.1, -0.05) is 18.2 Å². The van der Waals surface area contributed by atoms with Gasteiger partial charge in [-0.3, -0.25) is 4.90 Å². The SMILES string of the molecule is COc1ccccc1-c1cnn(C(=O)N[C@H]2CN3CCC2CC3C)c1. The standard InChI is InChI=1S/C19H24N4O2/c1-13-9-14-7-8-22(13)12-17(14)21-19(24)23-11-15(10-20-23)16-5-3-4-6-18(16)25-2/h3-6,10-11,13-14,17H,7-9,12H2,1-2H3,(H,21,24)/t13?,14?,17-/m0/s1. The number of fused-ring (bicyclic) bond motifs is 3. The van der Waals surface area contributed by atoms with Gasteiger partial charge in [0, 0.05) is 36.0 Å². The molecular formula is C19H24N4O2. The van der Waals surface area contributed by atoms with Crippen molar-refractivity contribution in [3.63, 3.8) is 0 Å². The maximum atomic E-state index is 12.6. The summed E-state index contributed by atoms with van der Waals surface area (Å²) >= 11 is 0. The van der Waals surface area contributed by atoms with Crippen LogP contribution in [0, 0.1) is 5.92 Å². The Morgan fingerprint density at radius 3 is 2.92 bits per heavy atom. The molecule has 2 bridgehead atoms. The van der Waals surface area contributed by atoms with Crippen LogP contribution in [-0.4, -0.2) is 53.0 Å². The summed E-state index contributed by atoms with van der Waals surface area (Å²) in [4.78, 5) is 15.1. The Morgan fingerprint density at radius 2 is 2.20 bits per heavy atom. The Kier molecular flexibility index (Phi) is 4.21. The highest BCUT2D eigenvalue weighted by molar-refractivity contribution is 5.78. The minimum Gasteiger partial charge on any atom is -0.496 e. The third-order valence-electron chi connectivity index (χ3n) is 5.57. The van der Waals surface area contributed by atoms with Crippen molar-refractivity contribution in [2.24, 2.45) is 5.92 Å². The number of ether oxygens (including phenoxy) is 1. The molecule has 0 aliphatic carbocycles. The monoisotopic (exact) mass is 340 g/mol. The van der Waals surface area contributed by atoms with E-state index in [0.717, 1.165) is 36.4 Å². The first-order valence-corrected chi connectivity index (χ1v) is 8.88. The normalized spacial score (nSPS) is 27.9. The molecule has 2 aromatic rings. The van der Waals surface area contributed by atoms with E-state index in [1.54, 1.807) is 19.5 Å². The molecule has 25 heavy (non-hydrogen) atoms. The van der Waals surface area contributed by atoms with Crippen molar-refractivity contribution in [3.05, 3.63) is 36.7 Å². The fourth-order valence-corrected chi connectivity index (χ4v) is 4.14. The molecule has 0 radical (unpaired) electrons. The first-order chi connectivity index (χ1) is 12.2. The second kappa shape index (κ2) is 6.52. The predicted molar refractivity (Wildman–Crippen MR) is 95.7 cm³/mol. The first kappa shape index (κ1) is 16.1. The van der Waals surface area contributed by atoms with E-state index in [1.807, 2.05) is 24.3 Å². The lowest BCUT2D eigenvalue weighted by Gasteiger charge is -2.48. The number of carbonyl (C=O) groups is 1. The van der Waals surface area contributed by atoms with Crippen LogP contribution in [0.1, 0.15) is 19.8 Å². The van der Waals surface area contributed by atoms with Gasteiger partial charge in [-0.15, -0.1) is 0 Å². The van der Waals surface area contributed by atoms with E-state index in [1.165, 1.54) is 11.1 Å². The number of piperidine rings is 3. The first-order valence-electron chi connectivity index (χ1n) is 8.88. The van der Waals surface area contributed by atoms with Crippen LogP contribution in [0.2, 0.25) is 0 Å². The van der Waals surface area contributed by atoms with Gasteiger partial charge in [0.15, 0.2) is 0 Å². The van der Waals surface area contributed by atoms with Crippen LogP contribution in [-0.2, 0) is 0 Å². The molecule has 1 aromatic heterocycles. The summed E-state index contributed by atoms with van der Waals surface area (Å²) in [5.41, 5.74) is 1.80. The van der Waals surface area contributed by atoms with E-state index < -0.39 is 0 Å². The van der Waals surface area contributed by atoms with Gasteiger partial charge in [0.25, 0.3) is 0 Å². The average Bonchev–Trinajstić information content (AvgIpc) is 3.13. The number of rotatable bonds is 3. The van der Waals surface area contributed by atoms with Gasteiger partial charge in [0.2, 0.25) is 0 Å². The molecular weight excluding hydrogens is 316 g/mol. The number of hydrogen-bond acceptors (Lipinski definition) is 4. The Labute approximate surface area is 147 Å². The van der Waals surface area contributed by atoms with E-state index in [4.69, 9.17) is 4.74 Å². The molecule has 3 saturated heterocycles. The Morgan fingerprint density at radius 1 is 1.36 bits per heavy atom. The molecule has 6 nitrogen and oxygen atoms in total. The Hall–Kier alpha value is -2.34. The molecule has 3 unspecified atom stereocenters. The minimum absolute atomic E-state index is 0.160. The molecule has 0 spiro atoms. The van der Waals surface area contributed by atoms with E-state index >= 15 is 0 Å². The van der Waals surface area contributed by atoms with Crippen molar-refractivity contribution in [1.29, 1.82) is 0 Å². The fourth-order valence-electron chi connectivity index (χ4n) is 4.14. The summed E-state index contributed by atoms with van der Waals surface area (Å²) in [6, 6.07) is 8.43. The van der Waals surface area contributed by atoms with Crippen LogP contribution in [0.5, 0.6) is 5.75 Å². The van der Waals surface area contributed by atoms with Crippen molar-refractivity contribution < 1.29 is 9.53 Å². The van der Waals surface area contributed by atoms with Crippen LogP contribution < -0.4 is 10.1 Å². The Bertz CT molecular complexity index is 772. The van der Waals surface area contributed by atoms with Gasteiger partial charge in [0.05, 0.1) is 13.3 Å². The predicted octanol–water partition coefficient (Wildman–Crippen LogP) is 2.60. The van der Waals surface area contributed by atoms with E-state index in [-0.39, 0.29) is 12.1 Å². The van der Waals surface area contributed by atoms with Crippen LogP contribution in [0.3, 0.4) is 0 Å². The van der Waals surface area contributed by atoms with Crippen molar-refractivity contribution in [1.82, 2.24) is 20.0 Å². The van der Waals surface area contributed by atoms with Gasteiger partial charge < -0.3 is 10.1 Å². The lowest BCUT2D eigenvalue weighted by molar-refractivity contribution is 0.0321. The van der Waals surface area contributed by atoms with Crippen LogP contribution in [0.25, 0.3) is 11.1 Å². The van der Waals surface area contributed by atoms with Crippen molar-refractivity contribution >= 4 is 6.03 Å². The lowest BCUT2D eigenvalue weighted by Crippen LogP contribution is -2.60. The number of amides is 1. The van der Waals surface area contributed by atoms with E-state index in [2.05, 4.69) is 22.2 Å². The number of carbonyl (C=O) groups excluding carboxylic acids is 1. The van der Waals surface area contributed by atoms with E-state index in [0.29, 0.717) is 12.0 Å². The molecule has 4 atom stereocenters. The molecule has 1 amide bonds. The second-order valence-electron chi connectivity index (χ2n) is 7.06. The number of hydrogen-bond donors (Lipinski definition) is 1. The van der Waals surface area contributed by atoms with Crippen LogP contribution >= 0.6 is 0 Å². The molecule has 3 aliphatic heterocycles.